The molecular formula is C28H27N5O3S. The fourth-order valence-electron chi connectivity index (χ4n) is 4.58. The SMILES string of the molecule is COCC(=O)Nc1ccc(N2C(=S)N[C@H](c3ccccn3)[C@@H]2c2cccn2-c2ccc(OC)cc2)cc1. The number of nitrogens with one attached hydrogen (secondary N) is 2. The summed E-state index contributed by atoms with van der Waals surface area (Å²) in [6.07, 6.45) is 3.83. The molecule has 1 amide bonds. The molecule has 2 atom stereocenters. The van der Waals surface area contributed by atoms with Gasteiger partial charge in [-0.3, -0.25) is 9.78 Å². The Kier molecular flexibility index (Phi) is 7.16. The van der Waals surface area contributed by atoms with Crippen LogP contribution in [0.15, 0.2) is 91.3 Å². The van der Waals surface area contributed by atoms with Crippen LogP contribution >= 0.6 is 12.2 Å². The molecule has 0 spiro atoms. The Hall–Kier alpha value is -4.21. The van der Waals surface area contributed by atoms with Crippen LogP contribution in [-0.4, -0.2) is 41.4 Å². The summed E-state index contributed by atoms with van der Waals surface area (Å²) in [5, 5.41) is 6.92. The lowest BCUT2D eigenvalue weighted by molar-refractivity contribution is -0.119. The molecule has 5 rings (SSSR count). The molecule has 37 heavy (non-hydrogen) atoms. The van der Waals surface area contributed by atoms with Crippen molar-refractivity contribution in [2.24, 2.45) is 0 Å². The number of aromatic nitrogens is 2. The van der Waals surface area contributed by atoms with Crippen molar-refractivity contribution in [3.8, 4) is 11.4 Å². The van der Waals surface area contributed by atoms with E-state index in [1.54, 1.807) is 13.3 Å². The highest BCUT2D eigenvalue weighted by molar-refractivity contribution is 7.80. The van der Waals surface area contributed by atoms with E-state index in [4.69, 9.17) is 21.7 Å². The van der Waals surface area contributed by atoms with E-state index in [9.17, 15) is 4.79 Å². The van der Waals surface area contributed by atoms with Crippen LogP contribution in [0.4, 0.5) is 11.4 Å². The second kappa shape index (κ2) is 10.8. The second-order valence-electron chi connectivity index (χ2n) is 8.53. The van der Waals surface area contributed by atoms with Crippen LogP contribution in [-0.2, 0) is 9.53 Å². The van der Waals surface area contributed by atoms with Gasteiger partial charge in [-0.1, -0.05) is 6.07 Å². The Morgan fingerprint density at radius 1 is 1.00 bits per heavy atom. The monoisotopic (exact) mass is 513 g/mol. The van der Waals surface area contributed by atoms with E-state index in [1.165, 1.54) is 7.11 Å². The number of hydrogen-bond acceptors (Lipinski definition) is 5. The number of thiocarbonyl (C=S) groups is 1. The lowest BCUT2D eigenvalue weighted by atomic mass is 10.0. The number of pyridine rings is 1. The molecule has 1 aliphatic rings. The predicted octanol–water partition coefficient (Wildman–Crippen LogP) is 4.64. The first-order valence-corrected chi connectivity index (χ1v) is 12.2. The van der Waals surface area contributed by atoms with Gasteiger partial charge in [-0.25, -0.2) is 0 Å². The molecule has 1 fully saturated rings. The second-order valence-corrected chi connectivity index (χ2v) is 8.91. The maximum Gasteiger partial charge on any atom is 0.250 e. The van der Waals surface area contributed by atoms with E-state index in [0.29, 0.717) is 10.8 Å². The molecule has 2 aromatic carbocycles. The third-order valence-corrected chi connectivity index (χ3v) is 6.55. The van der Waals surface area contributed by atoms with Gasteiger partial charge in [0.2, 0.25) is 5.91 Å². The Morgan fingerprint density at radius 2 is 1.76 bits per heavy atom. The van der Waals surface area contributed by atoms with Crippen molar-refractivity contribution in [3.05, 3.63) is 103 Å². The molecule has 0 saturated carbocycles. The molecule has 0 bridgehead atoms. The summed E-state index contributed by atoms with van der Waals surface area (Å²) in [6, 6.07) is 25.2. The quantitative estimate of drug-likeness (QED) is 0.332. The van der Waals surface area contributed by atoms with Crippen molar-refractivity contribution >= 4 is 34.6 Å². The average molecular weight is 514 g/mol. The number of benzene rings is 2. The first kappa shape index (κ1) is 24.5. The highest BCUT2D eigenvalue weighted by Crippen LogP contribution is 2.42. The first-order valence-electron chi connectivity index (χ1n) is 11.8. The van der Waals surface area contributed by atoms with Crippen molar-refractivity contribution in [2.75, 3.05) is 31.0 Å². The normalized spacial score (nSPS) is 16.9. The Bertz CT molecular complexity index is 1370. The molecule has 0 unspecified atom stereocenters. The van der Waals surface area contributed by atoms with E-state index in [-0.39, 0.29) is 24.6 Å². The van der Waals surface area contributed by atoms with Gasteiger partial charge >= 0.3 is 0 Å². The summed E-state index contributed by atoms with van der Waals surface area (Å²) < 4.78 is 12.4. The van der Waals surface area contributed by atoms with Gasteiger partial charge < -0.3 is 29.6 Å². The van der Waals surface area contributed by atoms with Gasteiger partial charge in [-0.2, -0.15) is 0 Å². The summed E-state index contributed by atoms with van der Waals surface area (Å²) in [6.45, 7) is -0.00192. The van der Waals surface area contributed by atoms with E-state index in [1.807, 2.05) is 79.0 Å². The maximum absolute atomic E-state index is 11.9. The topological polar surface area (TPSA) is 80.7 Å². The molecule has 3 heterocycles. The lowest BCUT2D eigenvalue weighted by Gasteiger charge is -2.29. The zero-order valence-corrected chi connectivity index (χ0v) is 21.3. The minimum atomic E-state index is -0.209. The highest BCUT2D eigenvalue weighted by Gasteiger charge is 2.42. The minimum Gasteiger partial charge on any atom is -0.497 e. The number of anilines is 2. The largest absolute Gasteiger partial charge is 0.497 e. The molecule has 1 saturated heterocycles. The molecule has 0 aliphatic carbocycles. The van der Waals surface area contributed by atoms with Crippen LogP contribution in [0.1, 0.15) is 23.5 Å². The lowest BCUT2D eigenvalue weighted by Crippen LogP contribution is -2.30. The smallest absolute Gasteiger partial charge is 0.250 e. The van der Waals surface area contributed by atoms with Crippen molar-refractivity contribution < 1.29 is 14.3 Å². The first-order chi connectivity index (χ1) is 18.1. The van der Waals surface area contributed by atoms with Crippen LogP contribution in [0.3, 0.4) is 0 Å². The molecule has 2 aromatic heterocycles. The van der Waals surface area contributed by atoms with Crippen LogP contribution in [0, 0.1) is 0 Å². The van der Waals surface area contributed by atoms with Gasteiger partial charge in [0, 0.05) is 42.3 Å². The summed E-state index contributed by atoms with van der Waals surface area (Å²) in [4.78, 5) is 18.7. The standard InChI is InChI=1S/C28H27N5O3S/c1-35-18-25(34)30-19-8-10-21(11-9-19)33-27(26(31-28(33)37)23-6-3-4-16-29-23)24-7-5-17-32(24)20-12-14-22(36-2)15-13-20/h3-17,26-27H,18H2,1-2H3,(H,30,34)(H,31,37)/t26-,27+/m1/s1. The molecule has 188 valence electrons. The number of methoxy groups -OCH3 is 2. The summed E-state index contributed by atoms with van der Waals surface area (Å²) >= 11 is 5.86. The zero-order chi connectivity index (χ0) is 25.8. The number of amides is 1. The highest BCUT2D eigenvalue weighted by atomic mass is 32.1. The van der Waals surface area contributed by atoms with Crippen LogP contribution in [0.25, 0.3) is 5.69 Å². The molecule has 0 radical (unpaired) electrons. The van der Waals surface area contributed by atoms with E-state index >= 15 is 0 Å². The fraction of sp³-hybridized carbons (Fsp3) is 0.179. The van der Waals surface area contributed by atoms with Gasteiger partial charge in [0.1, 0.15) is 18.4 Å². The number of carbonyl (C=O) groups excluding carboxylic acids is 1. The number of carbonyl (C=O) groups is 1. The Balaban J connectivity index is 1.55. The van der Waals surface area contributed by atoms with Gasteiger partial charge in [-0.15, -0.1) is 0 Å². The van der Waals surface area contributed by atoms with Crippen molar-refractivity contribution in [1.82, 2.24) is 14.9 Å². The molecular weight excluding hydrogens is 486 g/mol. The zero-order valence-electron chi connectivity index (χ0n) is 20.5. The summed E-state index contributed by atoms with van der Waals surface area (Å²) in [5.41, 5.74) is 4.53. The molecule has 4 aromatic rings. The maximum atomic E-state index is 11.9. The number of ether oxygens (including phenoxy) is 2. The predicted molar refractivity (Wildman–Crippen MR) is 147 cm³/mol. The Labute approximate surface area is 220 Å². The molecule has 9 heteroatoms. The van der Waals surface area contributed by atoms with Crippen molar-refractivity contribution in [2.45, 2.75) is 12.1 Å². The van der Waals surface area contributed by atoms with Crippen molar-refractivity contribution in [1.29, 1.82) is 0 Å². The van der Waals surface area contributed by atoms with Gasteiger partial charge in [0.25, 0.3) is 0 Å². The molecule has 8 nitrogen and oxygen atoms in total. The number of hydrogen-bond donors (Lipinski definition) is 2. The molecule has 1 aliphatic heterocycles. The summed E-state index contributed by atoms with van der Waals surface area (Å²) in [7, 11) is 3.15. The van der Waals surface area contributed by atoms with Crippen LogP contribution in [0.2, 0.25) is 0 Å². The van der Waals surface area contributed by atoms with E-state index in [0.717, 1.165) is 28.5 Å². The third kappa shape index (κ3) is 5.04. The van der Waals surface area contributed by atoms with E-state index < -0.39 is 0 Å². The average Bonchev–Trinajstić information content (AvgIpc) is 3.54. The van der Waals surface area contributed by atoms with Gasteiger partial charge in [-0.05, 0) is 85.0 Å². The van der Waals surface area contributed by atoms with Crippen LogP contribution in [0.5, 0.6) is 5.75 Å². The summed E-state index contributed by atoms with van der Waals surface area (Å²) in [5.74, 6) is 0.589. The van der Waals surface area contributed by atoms with Crippen LogP contribution < -0.4 is 20.3 Å². The Morgan fingerprint density at radius 3 is 2.43 bits per heavy atom. The van der Waals surface area contributed by atoms with Gasteiger partial charge in [0.15, 0.2) is 5.11 Å². The molecule has 2 N–H and O–H groups in total. The number of nitrogens with zero attached hydrogens (tertiary/aromatic N) is 3. The van der Waals surface area contributed by atoms with E-state index in [2.05, 4.69) is 31.2 Å². The minimum absolute atomic E-state index is 0.00192. The third-order valence-electron chi connectivity index (χ3n) is 6.24. The van der Waals surface area contributed by atoms with Crippen molar-refractivity contribution in [3.63, 3.8) is 0 Å². The van der Waals surface area contributed by atoms with Gasteiger partial charge in [0.05, 0.1) is 18.8 Å². The number of rotatable bonds is 8. The fourth-order valence-corrected chi connectivity index (χ4v) is 4.93.